The van der Waals surface area contributed by atoms with Gasteiger partial charge >= 0.3 is 0 Å². The number of nitrogens with two attached hydrogens (primary N) is 1. The van der Waals surface area contributed by atoms with Crippen molar-refractivity contribution < 1.29 is 9.84 Å². The highest BCUT2D eigenvalue weighted by atomic mass is 16.5. The van der Waals surface area contributed by atoms with Crippen LogP contribution in [-0.4, -0.2) is 48.1 Å². The normalized spacial score (nSPS) is 35.1. The molecular weight excluding hydrogens is 168 g/mol. The van der Waals surface area contributed by atoms with Crippen LogP contribution >= 0.6 is 0 Å². The van der Waals surface area contributed by atoms with Crippen LogP contribution in [0.1, 0.15) is 19.3 Å². The van der Waals surface area contributed by atoms with E-state index < -0.39 is 0 Å². The topological polar surface area (TPSA) is 58.7 Å². The largest absolute Gasteiger partial charge is 0.392 e. The third-order valence-corrected chi connectivity index (χ3v) is 3.15. The third-order valence-electron chi connectivity index (χ3n) is 3.15. The number of hydrogen-bond donors (Lipinski definition) is 2. The molecule has 2 fully saturated rings. The molecule has 13 heavy (non-hydrogen) atoms. The van der Waals surface area contributed by atoms with Crippen molar-refractivity contribution in [1.29, 1.82) is 0 Å². The second-order valence-corrected chi connectivity index (χ2v) is 4.10. The molecule has 2 rings (SSSR count). The molecule has 0 radical (unpaired) electrons. The van der Waals surface area contributed by atoms with Crippen LogP contribution in [-0.2, 0) is 4.74 Å². The second-order valence-electron chi connectivity index (χ2n) is 4.10. The summed E-state index contributed by atoms with van der Waals surface area (Å²) in [5.74, 6) is 0. The fourth-order valence-electron chi connectivity index (χ4n) is 2.19. The van der Waals surface area contributed by atoms with Gasteiger partial charge in [-0.1, -0.05) is 0 Å². The Bertz CT molecular complexity index is 180. The van der Waals surface area contributed by atoms with E-state index in [1.807, 2.05) is 0 Å². The number of aliphatic hydroxyl groups excluding tert-OH is 1. The van der Waals surface area contributed by atoms with Crippen molar-refractivity contribution in [1.82, 2.24) is 4.90 Å². The summed E-state index contributed by atoms with van der Waals surface area (Å²) in [4.78, 5) is 2.21. The molecule has 2 saturated heterocycles. The van der Waals surface area contributed by atoms with Crippen molar-refractivity contribution >= 4 is 0 Å². The summed E-state index contributed by atoms with van der Waals surface area (Å²) >= 11 is 0. The van der Waals surface area contributed by atoms with Gasteiger partial charge in [0.2, 0.25) is 0 Å². The molecule has 2 aliphatic rings. The van der Waals surface area contributed by atoms with Crippen LogP contribution in [0.2, 0.25) is 0 Å². The minimum absolute atomic E-state index is 0.178. The maximum Gasteiger partial charge on any atom is 0.0732 e. The van der Waals surface area contributed by atoms with E-state index in [-0.39, 0.29) is 11.8 Å². The minimum atomic E-state index is -0.213. The minimum Gasteiger partial charge on any atom is -0.392 e. The van der Waals surface area contributed by atoms with Gasteiger partial charge < -0.3 is 15.6 Å². The van der Waals surface area contributed by atoms with E-state index in [1.54, 1.807) is 0 Å². The van der Waals surface area contributed by atoms with Crippen LogP contribution in [0.5, 0.6) is 0 Å². The fourth-order valence-corrected chi connectivity index (χ4v) is 2.19. The summed E-state index contributed by atoms with van der Waals surface area (Å²) < 4.78 is 5.28. The first kappa shape index (κ1) is 9.40. The Morgan fingerprint density at radius 1 is 1.38 bits per heavy atom. The molecule has 0 aromatic heterocycles. The highest BCUT2D eigenvalue weighted by Crippen LogP contribution is 2.26. The number of ether oxygens (including phenoxy) is 1. The van der Waals surface area contributed by atoms with Crippen molar-refractivity contribution in [3.63, 3.8) is 0 Å². The predicted molar refractivity (Wildman–Crippen MR) is 49.2 cm³/mol. The third kappa shape index (κ3) is 1.86. The average molecular weight is 186 g/mol. The van der Waals surface area contributed by atoms with Crippen LogP contribution in [0.3, 0.4) is 0 Å². The van der Waals surface area contributed by atoms with Gasteiger partial charge in [-0.3, -0.25) is 4.90 Å². The van der Waals surface area contributed by atoms with Crippen molar-refractivity contribution in [2.45, 2.75) is 31.0 Å². The van der Waals surface area contributed by atoms with Crippen LogP contribution in [0, 0.1) is 0 Å². The molecular formula is C9H18N2O2. The van der Waals surface area contributed by atoms with E-state index >= 15 is 0 Å². The lowest BCUT2D eigenvalue weighted by Gasteiger charge is -2.41. The zero-order valence-electron chi connectivity index (χ0n) is 7.91. The number of aliphatic hydroxyl groups is 1. The first-order chi connectivity index (χ1) is 6.21. The smallest absolute Gasteiger partial charge is 0.0732 e. The van der Waals surface area contributed by atoms with Gasteiger partial charge in [0.25, 0.3) is 0 Å². The molecule has 4 heteroatoms. The van der Waals surface area contributed by atoms with Gasteiger partial charge in [-0.05, 0) is 6.42 Å². The first-order valence-electron chi connectivity index (χ1n) is 5.00. The first-order valence-corrected chi connectivity index (χ1v) is 5.00. The molecule has 0 bridgehead atoms. The van der Waals surface area contributed by atoms with Gasteiger partial charge in [0.1, 0.15) is 0 Å². The SMILES string of the molecule is NC1(N2CCC(O)C2)CCOCC1. The van der Waals surface area contributed by atoms with E-state index in [0.717, 1.165) is 45.6 Å². The molecule has 2 heterocycles. The summed E-state index contributed by atoms with van der Waals surface area (Å²) in [5, 5.41) is 9.42. The summed E-state index contributed by atoms with van der Waals surface area (Å²) in [5.41, 5.74) is 6.05. The zero-order chi connectivity index (χ0) is 9.31. The predicted octanol–water partition coefficient (Wildman–Crippen LogP) is -0.482. The van der Waals surface area contributed by atoms with E-state index in [1.165, 1.54) is 0 Å². The molecule has 0 aromatic rings. The standard InChI is InChI=1S/C9H18N2O2/c10-9(2-5-13-6-3-9)11-4-1-8(12)7-11/h8,12H,1-7,10H2. The second kappa shape index (κ2) is 3.53. The van der Waals surface area contributed by atoms with Crippen LogP contribution in [0.25, 0.3) is 0 Å². The average Bonchev–Trinajstić information content (AvgIpc) is 2.54. The molecule has 0 spiro atoms. The summed E-state index contributed by atoms with van der Waals surface area (Å²) in [6.07, 6.45) is 2.46. The van der Waals surface area contributed by atoms with Gasteiger partial charge in [0.05, 0.1) is 11.8 Å². The maximum atomic E-state index is 9.42. The number of nitrogens with zero attached hydrogens (tertiary/aromatic N) is 1. The lowest BCUT2D eigenvalue weighted by Crippen LogP contribution is -2.58. The quantitative estimate of drug-likeness (QED) is 0.580. The van der Waals surface area contributed by atoms with Crippen molar-refractivity contribution in [2.24, 2.45) is 5.73 Å². The highest BCUT2D eigenvalue weighted by Gasteiger charge is 2.38. The zero-order valence-corrected chi connectivity index (χ0v) is 7.91. The molecule has 0 aromatic carbocycles. The van der Waals surface area contributed by atoms with Crippen LogP contribution in [0.15, 0.2) is 0 Å². The molecule has 4 nitrogen and oxygen atoms in total. The number of rotatable bonds is 1. The van der Waals surface area contributed by atoms with E-state index in [4.69, 9.17) is 10.5 Å². The lowest BCUT2D eigenvalue weighted by molar-refractivity contribution is -0.0201. The Labute approximate surface area is 78.7 Å². The Balaban J connectivity index is 1.97. The van der Waals surface area contributed by atoms with Crippen molar-refractivity contribution in [2.75, 3.05) is 26.3 Å². The van der Waals surface area contributed by atoms with E-state index in [9.17, 15) is 5.11 Å². The highest BCUT2D eigenvalue weighted by molar-refractivity contribution is 4.91. The Kier molecular flexibility index (Phi) is 2.55. The molecule has 0 saturated carbocycles. The molecule has 0 amide bonds. The van der Waals surface area contributed by atoms with Gasteiger partial charge in [-0.25, -0.2) is 0 Å². The molecule has 0 aliphatic carbocycles. The van der Waals surface area contributed by atoms with Gasteiger partial charge in [-0.2, -0.15) is 0 Å². The van der Waals surface area contributed by atoms with Crippen LogP contribution in [0.4, 0.5) is 0 Å². The maximum absolute atomic E-state index is 9.42. The number of β-amino-alcohol motifs (C(OH)–C–C–N with tert-alkyl or cyclic N) is 1. The number of likely N-dealkylation sites (tertiary alicyclic amines) is 1. The van der Waals surface area contributed by atoms with Crippen molar-refractivity contribution in [3.05, 3.63) is 0 Å². The monoisotopic (exact) mass is 186 g/mol. The fraction of sp³-hybridized carbons (Fsp3) is 1.00. The molecule has 3 N–H and O–H groups in total. The molecule has 1 unspecified atom stereocenters. The van der Waals surface area contributed by atoms with Gasteiger partial charge in [0, 0.05) is 39.1 Å². The molecule has 76 valence electrons. The van der Waals surface area contributed by atoms with Crippen molar-refractivity contribution in [3.8, 4) is 0 Å². The Hall–Kier alpha value is -0.160. The van der Waals surface area contributed by atoms with E-state index in [0.29, 0.717) is 0 Å². The van der Waals surface area contributed by atoms with Gasteiger partial charge in [-0.15, -0.1) is 0 Å². The Morgan fingerprint density at radius 2 is 2.08 bits per heavy atom. The van der Waals surface area contributed by atoms with E-state index in [2.05, 4.69) is 4.90 Å². The lowest BCUT2D eigenvalue weighted by atomic mass is 10.00. The van der Waals surface area contributed by atoms with Crippen LogP contribution < -0.4 is 5.73 Å². The van der Waals surface area contributed by atoms with Gasteiger partial charge in [0.15, 0.2) is 0 Å². The molecule has 1 atom stereocenters. The summed E-state index contributed by atoms with van der Waals surface area (Å²) in [7, 11) is 0. The summed E-state index contributed by atoms with van der Waals surface area (Å²) in [6.45, 7) is 3.17. The Morgan fingerprint density at radius 3 is 2.62 bits per heavy atom. The molecule has 2 aliphatic heterocycles. The summed E-state index contributed by atoms with van der Waals surface area (Å²) in [6, 6.07) is 0. The number of hydrogen-bond acceptors (Lipinski definition) is 4.